The molecule has 1 aliphatic heterocycles. The first-order valence-corrected chi connectivity index (χ1v) is 9.04. The number of benzene rings is 1. The predicted octanol–water partition coefficient (Wildman–Crippen LogP) is 0.661. The molecule has 1 aromatic rings. The van der Waals surface area contributed by atoms with Crippen molar-refractivity contribution < 1.29 is 19.1 Å². The highest BCUT2D eigenvalue weighted by Crippen LogP contribution is 2.20. The van der Waals surface area contributed by atoms with Gasteiger partial charge in [0.25, 0.3) is 5.91 Å². The van der Waals surface area contributed by atoms with Crippen LogP contribution in [-0.2, 0) is 20.7 Å². The lowest BCUT2D eigenvalue weighted by atomic mass is 10.1. The Morgan fingerprint density at radius 3 is 2.27 bits per heavy atom. The van der Waals surface area contributed by atoms with Gasteiger partial charge in [-0.05, 0) is 25.0 Å². The quantitative estimate of drug-likeness (QED) is 0.769. The van der Waals surface area contributed by atoms with Crippen molar-refractivity contribution in [3.8, 4) is 5.75 Å². The number of rotatable bonds is 7. The summed E-state index contributed by atoms with van der Waals surface area (Å²) >= 11 is 0. The van der Waals surface area contributed by atoms with E-state index in [0.29, 0.717) is 26.2 Å². The second kappa shape index (κ2) is 9.54. The average molecular weight is 363 g/mol. The lowest BCUT2D eigenvalue weighted by Crippen LogP contribution is -2.56. The van der Waals surface area contributed by atoms with Gasteiger partial charge in [-0.15, -0.1) is 0 Å². The lowest BCUT2D eigenvalue weighted by Gasteiger charge is -2.36. The van der Waals surface area contributed by atoms with Gasteiger partial charge in [0.15, 0.2) is 6.10 Å². The van der Waals surface area contributed by atoms with Crippen LogP contribution in [0.1, 0.15) is 19.4 Å². The molecule has 1 saturated heterocycles. The van der Waals surface area contributed by atoms with E-state index in [4.69, 9.17) is 15.2 Å². The van der Waals surface area contributed by atoms with Gasteiger partial charge in [0, 0.05) is 33.3 Å². The summed E-state index contributed by atoms with van der Waals surface area (Å²) in [6.45, 7) is 5.92. The number of hydrogen-bond donors (Lipinski definition) is 1. The largest absolute Gasteiger partial charge is 0.481 e. The van der Waals surface area contributed by atoms with Gasteiger partial charge in [-0.1, -0.05) is 25.1 Å². The van der Waals surface area contributed by atoms with Crippen LogP contribution in [0.3, 0.4) is 0 Å². The summed E-state index contributed by atoms with van der Waals surface area (Å²) in [7, 11) is 1.52. The topological polar surface area (TPSA) is 85.1 Å². The van der Waals surface area contributed by atoms with E-state index in [1.54, 1.807) is 16.7 Å². The standard InChI is InChI=1S/C19H29N3O4/c1-4-15-7-5-6-8-17(15)26-14(2)18(23)21-9-11-22(12-10-21)19(24)16(20)13-25-3/h5-8,14,16H,4,9-13,20H2,1-3H3. The van der Waals surface area contributed by atoms with Gasteiger partial charge in [-0.2, -0.15) is 0 Å². The number of piperazine rings is 1. The summed E-state index contributed by atoms with van der Waals surface area (Å²) in [6, 6.07) is 7.09. The fourth-order valence-electron chi connectivity index (χ4n) is 3.04. The number of amides is 2. The van der Waals surface area contributed by atoms with Crippen molar-refractivity contribution in [2.75, 3.05) is 39.9 Å². The first-order chi connectivity index (χ1) is 12.5. The van der Waals surface area contributed by atoms with Crippen LogP contribution in [0.4, 0.5) is 0 Å². The zero-order valence-corrected chi connectivity index (χ0v) is 15.8. The Balaban J connectivity index is 1.88. The maximum atomic E-state index is 12.7. The number of carbonyl (C=O) groups excluding carboxylic acids is 2. The zero-order chi connectivity index (χ0) is 19.1. The summed E-state index contributed by atoms with van der Waals surface area (Å²) in [5, 5.41) is 0. The minimum atomic E-state index is -0.657. The Morgan fingerprint density at radius 1 is 1.12 bits per heavy atom. The predicted molar refractivity (Wildman–Crippen MR) is 98.9 cm³/mol. The van der Waals surface area contributed by atoms with E-state index in [0.717, 1.165) is 17.7 Å². The first-order valence-electron chi connectivity index (χ1n) is 9.04. The van der Waals surface area contributed by atoms with Crippen molar-refractivity contribution in [1.29, 1.82) is 0 Å². The number of carbonyl (C=O) groups is 2. The SMILES string of the molecule is CCc1ccccc1OC(C)C(=O)N1CCN(C(=O)C(N)COC)CC1. The van der Waals surface area contributed by atoms with Crippen molar-refractivity contribution in [3.05, 3.63) is 29.8 Å². The van der Waals surface area contributed by atoms with Gasteiger partial charge in [0.2, 0.25) is 5.91 Å². The highest BCUT2D eigenvalue weighted by molar-refractivity contribution is 5.83. The summed E-state index contributed by atoms with van der Waals surface area (Å²) in [5.41, 5.74) is 6.88. The van der Waals surface area contributed by atoms with Crippen LogP contribution in [0.2, 0.25) is 0 Å². The molecular formula is C19H29N3O4. The van der Waals surface area contributed by atoms with Crippen LogP contribution in [0.25, 0.3) is 0 Å². The van der Waals surface area contributed by atoms with Crippen molar-refractivity contribution >= 4 is 11.8 Å². The molecule has 0 spiro atoms. The Bertz CT molecular complexity index is 615. The minimum Gasteiger partial charge on any atom is -0.481 e. The van der Waals surface area contributed by atoms with E-state index >= 15 is 0 Å². The number of nitrogens with zero attached hydrogens (tertiary/aromatic N) is 2. The third-order valence-corrected chi connectivity index (χ3v) is 4.57. The van der Waals surface area contributed by atoms with Gasteiger partial charge in [-0.25, -0.2) is 0 Å². The van der Waals surface area contributed by atoms with Crippen molar-refractivity contribution in [3.63, 3.8) is 0 Å². The highest BCUT2D eigenvalue weighted by Gasteiger charge is 2.29. The maximum absolute atomic E-state index is 12.7. The Hall–Kier alpha value is -2.12. The summed E-state index contributed by atoms with van der Waals surface area (Å²) in [4.78, 5) is 28.3. The van der Waals surface area contributed by atoms with Gasteiger partial charge in [-0.3, -0.25) is 9.59 Å². The van der Waals surface area contributed by atoms with E-state index in [2.05, 4.69) is 6.92 Å². The van der Waals surface area contributed by atoms with Gasteiger partial charge in [0.05, 0.1) is 6.61 Å². The number of methoxy groups -OCH3 is 1. The number of nitrogens with two attached hydrogens (primary N) is 1. The molecule has 26 heavy (non-hydrogen) atoms. The molecule has 2 amide bonds. The molecule has 7 heteroatoms. The summed E-state index contributed by atoms with van der Waals surface area (Å²) in [5.74, 6) is 0.541. The maximum Gasteiger partial charge on any atom is 0.263 e. The minimum absolute atomic E-state index is 0.0656. The van der Waals surface area contributed by atoms with Gasteiger partial charge >= 0.3 is 0 Å². The molecule has 0 aromatic heterocycles. The van der Waals surface area contributed by atoms with E-state index < -0.39 is 12.1 Å². The monoisotopic (exact) mass is 363 g/mol. The van der Waals surface area contributed by atoms with Gasteiger partial charge in [0.1, 0.15) is 11.8 Å². The lowest BCUT2D eigenvalue weighted by molar-refractivity contribution is -0.144. The van der Waals surface area contributed by atoms with Crippen LogP contribution in [0.15, 0.2) is 24.3 Å². The van der Waals surface area contributed by atoms with Crippen molar-refractivity contribution in [1.82, 2.24) is 9.80 Å². The number of aryl methyl sites for hydroxylation is 1. The fraction of sp³-hybridized carbons (Fsp3) is 0.579. The average Bonchev–Trinajstić information content (AvgIpc) is 2.67. The van der Waals surface area contributed by atoms with Crippen LogP contribution in [0.5, 0.6) is 5.75 Å². The normalized spacial score (nSPS) is 16.9. The van der Waals surface area contributed by atoms with Crippen molar-refractivity contribution in [2.45, 2.75) is 32.4 Å². The molecule has 2 N–H and O–H groups in total. The molecule has 144 valence electrons. The first kappa shape index (κ1) is 20.2. The van der Waals surface area contributed by atoms with E-state index in [1.165, 1.54) is 7.11 Å². The molecule has 0 saturated carbocycles. The van der Waals surface area contributed by atoms with Crippen LogP contribution in [0, 0.1) is 0 Å². The van der Waals surface area contributed by atoms with E-state index in [1.807, 2.05) is 24.3 Å². The second-order valence-corrected chi connectivity index (χ2v) is 6.43. The zero-order valence-electron chi connectivity index (χ0n) is 15.8. The Morgan fingerprint density at radius 2 is 1.69 bits per heavy atom. The number of hydrogen-bond acceptors (Lipinski definition) is 5. The molecule has 0 bridgehead atoms. The number of para-hydroxylation sites is 1. The molecular weight excluding hydrogens is 334 g/mol. The third kappa shape index (κ3) is 4.95. The molecule has 1 aliphatic rings. The van der Waals surface area contributed by atoms with E-state index in [9.17, 15) is 9.59 Å². The molecule has 2 rings (SSSR count). The summed E-state index contributed by atoms with van der Waals surface area (Å²) < 4.78 is 10.8. The molecule has 2 unspecified atom stereocenters. The molecule has 1 fully saturated rings. The van der Waals surface area contributed by atoms with Gasteiger partial charge < -0.3 is 25.0 Å². The third-order valence-electron chi connectivity index (χ3n) is 4.57. The van der Waals surface area contributed by atoms with Crippen LogP contribution < -0.4 is 10.5 Å². The smallest absolute Gasteiger partial charge is 0.263 e. The highest BCUT2D eigenvalue weighted by atomic mass is 16.5. The van der Waals surface area contributed by atoms with Crippen LogP contribution in [-0.4, -0.2) is 73.7 Å². The molecule has 7 nitrogen and oxygen atoms in total. The molecule has 2 atom stereocenters. The second-order valence-electron chi connectivity index (χ2n) is 6.43. The fourth-order valence-corrected chi connectivity index (χ4v) is 3.04. The molecule has 0 aliphatic carbocycles. The number of ether oxygens (including phenoxy) is 2. The van der Waals surface area contributed by atoms with Crippen molar-refractivity contribution in [2.24, 2.45) is 5.73 Å². The van der Waals surface area contributed by atoms with Crippen LogP contribution >= 0.6 is 0 Å². The molecule has 1 heterocycles. The molecule has 1 aromatic carbocycles. The Kier molecular flexibility index (Phi) is 7.41. The molecule has 0 radical (unpaired) electrons. The Labute approximate surface area is 155 Å². The van der Waals surface area contributed by atoms with E-state index in [-0.39, 0.29) is 18.4 Å². The summed E-state index contributed by atoms with van der Waals surface area (Å²) in [6.07, 6.45) is 0.278.